The second kappa shape index (κ2) is 6.89. The zero-order chi connectivity index (χ0) is 16.2. The average Bonchev–Trinajstić information content (AvgIpc) is 2.93. The molecule has 1 aromatic heterocycles. The fourth-order valence-corrected chi connectivity index (χ4v) is 2.60. The minimum absolute atomic E-state index is 0.0788. The van der Waals surface area contributed by atoms with Gasteiger partial charge < -0.3 is 11.1 Å². The summed E-state index contributed by atoms with van der Waals surface area (Å²) in [5.74, 6) is -0.216. The molecule has 22 heavy (non-hydrogen) atoms. The Morgan fingerprint density at radius 2 is 2.14 bits per heavy atom. The third-order valence-corrected chi connectivity index (χ3v) is 3.74. The van der Waals surface area contributed by atoms with E-state index >= 15 is 0 Å². The van der Waals surface area contributed by atoms with E-state index in [1.807, 2.05) is 0 Å². The molecule has 8 heteroatoms. The van der Waals surface area contributed by atoms with Crippen LogP contribution in [0.25, 0.3) is 10.6 Å². The highest BCUT2D eigenvalue weighted by atomic mass is 32.1. The van der Waals surface area contributed by atoms with Crippen LogP contribution in [0.2, 0.25) is 0 Å². The molecule has 4 nitrogen and oxygen atoms in total. The molecule has 0 radical (unpaired) electrons. The number of rotatable bonds is 5. The van der Waals surface area contributed by atoms with E-state index in [0.717, 1.165) is 12.1 Å². The van der Waals surface area contributed by atoms with Crippen molar-refractivity contribution in [2.75, 3.05) is 13.1 Å². The first-order valence-electron chi connectivity index (χ1n) is 6.49. The summed E-state index contributed by atoms with van der Waals surface area (Å²) in [5.41, 5.74) is 5.46. The van der Waals surface area contributed by atoms with Gasteiger partial charge in [0.05, 0.1) is 17.7 Å². The van der Waals surface area contributed by atoms with Crippen LogP contribution < -0.4 is 11.1 Å². The number of benzene rings is 1. The molecule has 2 rings (SSSR count). The second-order valence-electron chi connectivity index (χ2n) is 4.54. The molecule has 3 N–H and O–H groups in total. The number of halogens is 3. The highest BCUT2D eigenvalue weighted by Gasteiger charge is 2.30. The number of hydrogen-bond donors (Lipinski definition) is 2. The molecule has 118 valence electrons. The summed E-state index contributed by atoms with van der Waals surface area (Å²) in [4.78, 5) is 15.8. The molecular formula is C14H14F3N3OS. The van der Waals surface area contributed by atoms with Crippen LogP contribution in [0.1, 0.15) is 11.3 Å². The zero-order valence-electron chi connectivity index (χ0n) is 11.5. The number of hydrogen-bond acceptors (Lipinski definition) is 4. The van der Waals surface area contributed by atoms with E-state index < -0.39 is 11.7 Å². The van der Waals surface area contributed by atoms with Crippen molar-refractivity contribution in [1.29, 1.82) is 0 Å². The number of alkyl halides is 3. The number of aromatic nitrogens is 1. The van der Waals surface area contributed by atoms with E-state index in [0.29, 0.717) is 29.4 Å². The van der Waals surface area contributed by atoms with Gasteiger partial charge in [-0.1, -0.05) is 12.1 Å². The van der Waals surface area contributed by atoms with Crippen LogP contribution in [-0.2, 0) is 17.4 Å². The summed E-state index contributed by atoms with van der Waals surface area (Å²) in [6.45, 7) is 0.724. The molecule has 1 amide bonds. The molecule has 0 bridgehead atoms. The largest absolute Gasteiger partial charge is 0.416 e. The maximum atomic E-state index is 12.7. The Morgan fingerprint density at radius 1 is 1.36 bits per heavy atom. The van der Waals surface area contributed by atoms with Crippen molar-refractivity contribution in [3.63, 3.8) is 0 Å². The van der Waals surface area contributed by atoms with Crippen LogP contribution in [0.15, 0.2) is 29.6 Å². The van der Waals surface area contributed by atoms with E-state index in [2.05, 4.69) is 10.3 Å². The van der Waals surface area contributed by atoms with E-state index in [-0.39, 0.29) is 12.3 Å². The molecule has 2 aromatic rings. The first-order chi connectivity index (χ1) is 10.4. The van der Waals surface area contributed by atoms with Gasteiger partial charge in [-0.15, -0.1) is 11.3 Å². The van der Waals surface area contributed by atoms with Crippen LogP contribution in [0, 0.1) is 0 Å². The molecule has 0 spiro atoms. The highest BCUT2D eigenvalue weighted by molar-refractivity contribution is 7.13. The zero-order valence-corrected chi connectivity index (χ0v) is 12.3. The molecule has 1 heterocycles. The van der Waals surface area contributed by atoms with Gasteiger partial charge in [-0.3, -0.25) is 4.79 Å². The summed E-state index contributed by atoms with van der Waals surface area (Å²) >= 11 is 1.20. The Balaban J connectivity index is 2.13. The van der Waals surface area contributed by atoms with Crippen molar-refractivity contribution in [1.82, 2.24) is 10.3 Å². The van der Waals surface area contributed by atoms with E-state index in [9.17, 15) is 18.0 Å². The smallest absolute Gasteiger partial charge is 0.354 e. The Kier molecular flexibility index (Phi) is 5.15. The quantitative estimate of drug-likeness (QED) is 0.885. The molecule has 1 aromatic carbocycles. The number of amides is 1. The molecule has 0 atom stereocenters. The lowest BCUT2D eigenvalue weighted by atomic mass is 10.1. The summed E-state index contributed by atoms with van der Waals surface area (Å²) in [7, 11) is 0. The number of thiazole rings is 1. The normalized spacial score (nSPS) is 11.5. The maximum absolute atomic E-state index is 12.7. The lowest BCUT2D eigenvalue weighted by Gasteiger charge is -2.07. The van der Waals surface area contributed by atoms with Gasteiger partial charge in [0.2, 0.25) is 5.91 Å². The number of nitrogens with two attached hydrogens (primary N) is 1. The Labute approximate surface area is 129 Å². The third kappa shape index (κ3) is 4.28. The number of carbonyl (C=O) groups is 1. The van der Waals surface area contributed by atoms with Gasteiger partial charge >= 0.3 is 6.18 Å². The van der Waals surface area contributed by atoms with Gasteiger partial charge in [-0.05, 0) is 12.1 Å². The first-order valence-corrected chi connectivity index (χ1v) is 7.37. The van der Waals surface area contributed by atoms with Crippen LogP contribution >= 0.6 is 11.3 Å². The van der Waals surface area contributed by atoms with E-state index in [4.69, 9.17) is 5.73 Å². The number of carbonyl (C=O) groups excluding carboxylic acids is 1. The van der Waals surface area contributed by atoms with Crippen molar-refractivity contribution in [2.45, 2.75) is 12.6 Å². The topological polar surface area (TPSA) is 68.0 Å². The van der Waals surface area contributed by atoms with Crippen molar-refractivity contribution < 1.29 is 18.0 Å². The molecule has 0 aliphatic carbocycles. The summed E-state index contributed by atoms with van der Waals surface area (Å²) in [6.07, 6.45) is -4.31. The lowest BCUT2D eigenvalue weighted by molar-refractivity contribution is -0.137. The molecule has 0 unspecified atom stereocenters. The van der Waals surface area contributed by atoms with Gasteiger partial charge in [-0.2, -0.15) is 13.2 Å². The van der Waals surface area contributed by atoms with Gasteiger partial charge in [0.25, 0.3) is 0 Å². The van der Waals surface area contributed by atoms with Crippen molar-refractivity contribution >= 4 is 17.2 Å². The van der Waals surface area contributed by atoms with Crippen molar-refractivity contribution in [3.8, 4) is 10.6 Å². The van der Waals surface area contributed by atoms with Crippen molar-refractivity contribution in [2.24, 2.45) is 5.73 Å². The molecular weight excluding hydrogens is 315 g/mol. The Bertz CT molecular complexity index is 655. The molecule has 0 aliphatic heterocycles. The molecule has 0 saturated heterocycles. The Morgan fingerprint density at radius 3 is 2.82 bits per heavy atom. The van der Waals surface area contributed by atoms with Crippen LogP contribution in [0.4, 0.5) is 13.2 Å². The predicted molar refractivity (Wildman–Crippen MR) is 78.3 cm³/mol. The monoisotopic (exact) mass is 329 g/mol. The van der Waals surface area contributed by atoms with Crippen molar-refractivity contribution in [3.05, 3.63) is 40.9 Å². The summed E-state index contributed by atoms with van der Waals surface area (Å²) in [6, 6.07) is 4.97. The van der Waals surface area contributed by atoms with Crippen LogP contribution in [0.5, 0.6) is 0 Å². The second-order valence-corrected chi connectivity index (χ2v) is 5.40. The molecule has 0 saturated carbocycles. The Hall–Kier alpha value is -1.93. The maximum Gasteiger partial charge on any atom is 0.416 e. The predicted octanol–water partition coefficient (Wildman–Crippen LogP) is 2.45. The highest BCUT2D eigenvalue weighted by Crippen LogP contribution is 2.33. The summed E-state index contributed by atoms with van der Waals surface area (Å²) < 4.78 is 38.1. The van der Waals surface area contributed by atoms with Gasteiger partial charge in [0.15, 0.2) is 0 Å². The third-order valence-electron chi connectivity index (χ3n) is 2.80. The number of nitrogens with zero attached hydrogens (tertiary/aromatic N) is 1. The van der Waals surface area contributed by atoms with Crippen LogP contribution in [-0.4, -0.2) is 24.0 Å². The standard InChI is InChI=1S/C14H14F3N3OS/c15-14(16,17)10-3-1-2-9(6-10)13-20-11(8-22-13)7-12(21)19-5-4-18/h1-3,6,8H,4-5,7,18H2,(H,19,21). The first kappa shape index (κ1) is 16.4. The lowest BCUT2D eigenvalue weighted by Crippen LogP contribution is -2.30. The molecule has 0 aliphatic rings. The fraction of sp³-hybridized carbons (Fsp3) is 0.286. The minimum Gasteiger partial charge on any atom is -0.354 e. The van der Waals surface area contributed by atoms with Gasteiger partial charge in [0.1, 0.15) is 5.01 Å². The SMILES string of the molecule is NCCNC(=O)Cc1csc(-c2cccc(C(F)(F)F)c2)n1. The number of nitrogens with one attached hydrogen (secondary N) is 1. The van der Waals surface area contributed by atoms with Crippen LogP contribution in [0.3, 0.4) is 0 Å². The van der Waals surface area contributed by atoms with E-state index in [1.165, 1.54) is 17.4 Å². The minimum atomic E-state index is -4.39. The van der Waals surface area contributed by atoms with E-state index in [1.54, 1.807) is 11.4 Å². The average molecular weight is 329 g/mol. The molecule has 0 fully saturated rings. The summed E-state index contributed by atoms with van der Waals surface area (Å²) in [5, 5.41) is 4.73. The van der Waals surface area contributed by atoms with Gasteiger partial charge in [-0.25, -0.2) is 4.98 Å². The fourth-order valence-electron chi connectivity index (χ4n) is 1.79. The van der Waals surface area contributed by atoms with Gasteiger partial charge in [0, 0.05) is 24.0 Å².